The van der Waals surface area contributed by atoms with E-state index in [9.17, 15) is 4.39 Å². The van der Waals surface area contributed by atoms with Gasteiger partial charge in [-0.25, -0.2) is 4.39 Å². The molecule has 0 atom stereocenters. The van der Waals surface area contributed by atoms with Gasteiger partial charge in [-0.1, -0.05) is 31.2 Å². The van der Waals surface area contributed by atoms with Crippen molar-refractivity contribution in [2.45, 2.75) is 20.0 Å². The van der Waals surface area contributed by atoms with Gasteiger partial charge in [-0.15, -0.1) is 0 Å². The Balaban J connectivity index is 2.09. The van der Waals surface area contributed by atoms with Crippen molar-refractivity contribution in [3.63, 3.8) is 0 Å². The lowest BCUT2D eigenvalue weighted by Gasteiger charge is -2.12. The van der Waals surface area contributed by atoms with Crippen LogP contribution in [0.5, 0.6) is 11.5 Å². The third-order valence-electron chi connectivity index (χ3n) is 2.80. The van der Waals surface area contributed by atoms with Gasteiger partial charge < -0.3 is 15.2 Å². The Morgan fingerprint density at radius 2 is 1.70 bits per heavy atom. The molecular formula is C16H18FNO2. The Bertz CT molecular complexity index is 572. The zero-order chi connectivity index (χ0) is 14.4. The fraction of sp³-hybridized carbons (Fsp3) is 0.250. The summed E-state index contributed by atoms with van der Waals surface area (Å²) in [5, 5.41) is 0. The molecule has 0 unspecified atom stereocenters. The average Bonchev–Trinajstić information content (AvgIpc) is 2.47. The van der Waals surface area contributed by atoms with E-state index < -0.39 is 5.82 Å². The van der Waals surface area contributed by atoms with E-state index in [-0.39, 0.29) is 12.3 Å². The van der Waals surface area contributed by atoms with Gasteiger partial charge in [0.15, 0.2) is 17.3 Å². The van der Waals surface area contributed by atoms with Crippen molar-refractivity contribution in [2.24, 2.45) is 0 Å². The molecule has 0 radical (unpaired) electrons. The molecule has 0 spiro atoms. The van der Waals surface area contributed by atoms with Crippen LogP contribution >= 0.6 is 0 Å². The van der Waals surface area contributed by atoms with Crippen LogP contribution in [0.25, 0.3) is 0 Å². The molecule has 4 heteroatoms. The molecule has 20 heavy (non-hydrogen) atoms. The van der Waals surface area contributed by atoms with E-state index in [1.54, 1.807) is 18.2 Å². The Kier molecular flexibility index (Phi) is 4.82. The number of halogens is 1. The van der Waals surface area contributed by atoms with Crippen molar-refractivity contribution in [1.82, 2.24) is 0 Å². The van der Waals surface area contributed by atoms with Crippen LogP contribution in [0.3, 0.4) is 0 Å². The van der Waals surface area contributed by atoms with Crippen LogP contribution in [-0.2, 0) is 6.61 Å². The Morgan fingerprint density at radius 1 is 1.00 bits per heavy atom. The fourth-order valence-corrected chi connectivity index (χ4v) is 1.77. The molecule has 0 aliphatic rings. The summed E-state index contributed by atoms with van der Waals surface area (Å²) in [5.41, 5.74) is 6.08. The SMILES string of the molecule is CCCOc1ccccc1OCc1cccc(N)c1F. The molecule has 0 amide bonds. The fourth-order valence-electron chi connectivity index (χ4n) is 1.77. The van der Waals surface area contributed by atoms with Gasteiger partial charge in [0.05, 0.1) is 12.3 Å². The molecule has 0 saturated carbocycles. The first-order valence-electron chi connectivity index (χ1n) is 6.60. The molecular weight excluding hydrogens is 257 g/mol. The van der Waals surface area contributed by atoms with E-state index in [1.807, 2.05) is 25.1 Å². The highest BCUT2D eigenvalue weighted by atomic mass is 19.1. The first-order chi connectivity index (χ1) is 9.72. The van der Waals surface area contributed by atoms with E-state index in [0.29, 0.717) is 23.7 Å². The number of hydrogen-bond donors (Lipinski definition) is 1. The lowest BCUT2D eigenvalue weighted by Crippen LogP contribution is -2.03. The number of nitrogens with two attached hydrogens (primary N) is 1. The van der Waals surface area contributed by atoms with Crippen molar-refractivity contribution >= 4 is 5.69 Å². The molecule has 0 heterocycles. The zero-order valence-corrected chi connectivity index (χ0v) is 11.4. The highest BCUT2D eigenvalue weighted by molar-refractivity contribution is 5.43. The number of rotatable bonds is 6. The molecule has 2 rings (SSSR count). The zero-order valence-electron chi connectivity index (χ0n) is 11.4. The van der Waals surface area contributed by atoms with Gasteiger partial charge in [-0.2, -0.15) is 0 Å². The van der Waals surface area contributed by atoms with E-state index >= 15 is 0 Å². The molecule has 3 nitrogen and oxygen atoms in total. The summed E-state index contributed by atoms with van der Waals surface area (Å²) in [4.78, 5) is 0. The molecule has 106 valence electrons. The van der Waals surface area contributed by atoms with Crippen molar-refractivity contribution in [2.75, 3.05) is 12.3 Å². The lowest BCUT2D eigenvalue weighted by atomic mass is 10.2. The second kappa shape index (κ2) is 6.80. The summed E-state index contributed by atoms with van der Waals surface area (Å²) in [6.07, 6.45) is 0.915. The highest BCUT2D eigenvalue weighted by Gasteiger charge is 2.08. The summed E-state index contributed by atoms with van der Waals surface area (Å²) < 4.78 is 25.0. The highest BCUT2D eigenvalue weighted by Crippen LogP contribution is 2.28. The molecule has 2 aromatic carbocycles. The number of nitrogen functional groups attached to an aromatic ring is 1. The third-order valence-corrected chi connectivity index (χ3v) is 2.80. The number of hydrogen-bond acceptors (Lipinski definition) is 3. The predicted octanol–water partition coefficient (Wildman–Crippen LogP) is 3.78. The Morgan fingerprint density at radius 3 is 2.40 bits per heavy atom. The maximum Gasteiger partial charge on any atom is 0.161 e. The standard InChI is InChI=1S/C16H18FNO2/c1-2-10-19-14-8-3-4-9-15(14)20-11-12-6-5-7-13(18)16(12)17/h3-9H,2,10-11,18H2,1H3. The van der Waals surface area contributed by atoms with Crippen molar-refractivity contribution in [3.05, 3.63) is 53.8 Å². The topological polar surface area (TPSA) is 44.5 Å². The van der Waals surface area contributed by atoms with Crippen LogP contribution in [-0.4, -0.2) is 6.61 Å². The van der Waals surface area contributed by atoms with Gasteiger partial charge in [-0.05, 0) is 24.6 Å². The first kappa shape index (κ1) is 14.2. The van der Waals surface area contributed by atoms with Crippen LogP contribution in [0.1, 0.15) is 18.9 Å². The summed E-state index contributed by atoms with van der Waals surface area (Å²) in [7, 11) is 0. The van der Waals surface area contributed by atoms with E-state index in [0.717, 1.165) is 6.42 Å². The maximum absolute atomic E-state index is 13.8. The van der Waals surface area contributed by atoms with Crippen LogP contribution in [0.15, 0.2) is 42.5 Å². The molecule has 0 aliphatic heterocycles. The molecule has 0 bridgehead atoms. The maximum atomic E-state index is 13.8. The second-order valence-corrected chi connectivity index (χ2v) is 4.40. The average molecular weight is 275 g/mol. The monoisotopic (exact) mass is 275 g/mol. The molecule has 2 aromatic rings. The van der Waals surface area contributed by atoms with E-state index in [1.165, 1.54) is 6.07 Å². The molecule has 0 aliphatic carbocycles. The Labute approximate surface area is 118 Å². The smallest absolute Gasteiger partial charge is 0.161 e. The summed E-state index contributed by atoms with van der Waals surface area (Å²) in [6, 6.07) is 12.2. The van der Waals surface area contributed by atoms with E-state index in [2.05, 4.69) is 0 Å². The quantitative estimate of drug-likeness (QED) is 0.816. The second-order valence-electron chi connectivity index (χ2n) is 4.40. The number of para-hydroxylation sites is 2. The van der Waals surface area contributed by atoms with Crippen LogP contribution < -0.4 is 15.2 Å². The summed E-state index contributed by atoms with van der Waals surface area (Å²) in [5.74, 6) is 0.834. The van der Waals surface area contributed by atoms with Gasteiger partial charge >= 0.3 is 0 Å². The van der Waals surface area contributed by atoms with Crippen LogP contribution in [0, 0.1) is 5.82 Å². The minimum atomic E-state index is -0.431. The third kappa shape index (κ3) is 3.41. The van der Waals surface area contributed by atoms with Crippen molar-refractivity contribution in [1.29, 1.82) is 0 Å². The van der Waals surface area contributed by atoms with Crippen molar-refractivity contribution in [3.8, 4) is 11.5 Å². The minimum absolute atomic E-state index is 0.114. The number of ether oxygens (including phenoxy) is 2. The summed E-state index contributed by atoms with van der Waals surface area (Å²) >= 11 is 0. The number of benzene rings is 2. The van der Waals surface area contributed by atoms with Gasteiger partial charge in [0.25, 0.3) is 0 Å². The van der Waals surface area contributed by atoms with Gasteiger partial charge in [0, 0.05) is 5.56 Å². The lowest BCUT2D eigenvalue weighted by molar-refractivity contribution is 0.259. The molecule has 0 saturated heterocycles. The normalized spacial score (nSPS) is 10.3. The van der Waals surface area contributed by atoms with Crippen LogP contribution in [0.2, 0.25) is 0 Å². The summed E-state index contributed by atoms with van der Waals surface area (Å²) in [6.45, 7) is 2.77. The Hall–Kier alpha value is -2.23. The van der Waals surface area contributed by atoms with Gasteiger partial charge in [-0.3, -0.25) is 0 Å². The largest absolute Gasteiger partial charge is 0.490 e. The van der Waals surface area contributed by atoms with E-state index in [4.69, 9.17) is 15.2 Å². The first-order valence-corrected chi connectivity index (χ1v) is 6.60. The molecule has 2 N–H and O–H groups in total. The number of anilines is 1. The predicted molar refractivity (Wildman–Crippen MR) is 77.4 cm³/mol. The van der Waals surface area contributed by atoms with Gasteiger partial charge in [0.1, 0.15) is 6.61 Å². The van der Waals surface area contributed by atoms with Gasteiger partial charge in [0.2, 0.25) is 0 Å². The minimum Gasteiger partial charge on any atom is -0.490 e. The molecule has 0 fully saturated rings. The molecule has 0 aromatic heterocycles. The van der Waals surface area contributed by atoms with Crippen LogP contribution in [0.4, 0.5) is 10.1 Å². The van der Waals surface area contributed by atoms with Crippen molar-refractivity contribution < 1.29 is 13.9 Å².